The molecule has 0 saturated heterocycles. The van der Waals surface area contributed by atoms with Gasteiger partial charge in [0.15, 0.2) is 0 Å². The molecule has 8 nitrogen and oxygen atoms in total. The predicted octanol–water partition coefficient (Wildman–Crippen LogP) is 7.44. The van der Waals surface area contributed by atoms with E-state index in [9.17, 15) is 14.4 Å². The van der Waals surface area contributed by atoms with Gasteiger partial charge in [0.25, 0.3) is 0 Å². The highest BCUT2D eigenvalue weighted by Gasteiger charge is 2.29. The summed E-state index contributed by atoms with van der Waals surface area (Å²) >= 11 is 0. The number of benzene rings is 1. The van der Waals surface area contributed by atoms with Crippen LogP contribution in [0.4, 0.5) is 0 Å². The van der Waals surface area contributed by atoms with E-state index in [2.05, 4.69) is 11.9 Å². The SMILES string of the molecule is CCCCCCCCCCCCC[C@@H](CC(N)=O)N(Cc1ccccn1)C(=O)[C@@H](N)CCCC(=O)OCc1ccccc1.Cl.Cl. The van der Waals surface area contributed by atoms with Crippen LogP contribution in [0, 0.1) is 0 Å². The van der Waals surface area contributed by atoms with Gasteiger partial charge in [0.1, 0.15) is 6.61 Å². The van der Waals surface area contributed by atoms with Crippen LogP contribution in [0.2, 0.25) is 0 Å². The molecule has 4 N–H and O–H groups in total. The molecule has 1 aromatic heterocycles. The fourth-order valence-corrected chi connectivity index (χ4v) is 5.31. The first kappa shape index (κ1) is 42.3. The number of unbranched alkanes of at least 4 members (excludes halogenated alkanes) is 10. The molecule has 45 heavy (non-hydrogen) atoms. The second-order valence-electron chi connectivity index (χ2n) is 11.6. The zero-order valence-corrected chi connectivity index (χ0v) is 28.7. The van der Waals surface area contributed by atoms with Crippen LogP contribution in [0.5, 0.6) is 0 Å². The molecular formula is C35H56Cl2N4O4. The van der Waals surface area contributed by atoms with Gasteiger partial charge in [-0.1, -0.05) is 114 Å². The average Bonchev–Trinajstić information content (AvgIpc) is 3.01. The lowest BCUT2D eigenvalue weighted by Gasteiger charge is -2.33. The summed E-state index contributed by atoms with van der Waals surface area (Å²) in [5.41, 5.74) is 13.7. The van der Waals surface area contributed by atoms with E-state index in [0.29, 0.717) is 19.3 Å². The Kier molecular flexibility index (Phi) is 24.9. The number of pyridine rings is 1. The van der Waals surface area contributed by atoms with Crippen LogP contribution in [0.3, 0.4) is 0 Å². The Labute approximate surface area is 283 Å². The molecule has 1 heterocycles. The molecule has 1 aromatic carbocycles. The molecule has 2 rings (SSSR count). The number of carbonyl (C=O) groups excluding carboxylic acids is 3. The maximum atomic E-state index is 13.7. The van der Waals surface area contributed by atoms with Gasteiger partial charge >= 0.3 is 5.97 Å². The molecule has 254 valence electrons. The maximum absolute atomic E-state index is 13.7. The third-order valence-electron chi connectivity index (χ3n) is 7.82. The lowest BCUT2D eigenvalue weighted by molar-refractivity contribution is -0.145. The summed E-state index contributed by atoms with van der Waals surface area (Å²) in [5.74, 6) is -1.02. The van der Waals surface area contributed by atoms with E-state index in [4.69, 9.17) is 16.2 Å². The van der Waals surface area contributed by atoms with Crippen molar-refractivity contribution < 1.29 is 19.1 Å². The van der Waals surface area contributed by atoms with Gasteiger partial charge in [0, 0.05) is 25.1 Å². The molecule has 0 unspecified atom stereocenters. The number of hydrogen-bond donors (Lipinski definition) is 2. The topological polar surface area (TPSA) is 129 Å². The quantitative estimate of drug-likeness (QED) is 0.0885. The van der Waals surface area contributed by atoms with Gasteiger partial charge < -0.3 is 21.1 Å². The van der Waals surface area contributed by atoms with Crippen molar-refractivity contribution in [3.05, 3.63) is 66.0 Å². The zero-order chi connectivity index (χ0) is 31.1. The van der Waals surface area contributed by atoms with Crippen molar-refractivity contribution in [2.75, 3.05) is 0 Å². The minimum absolute atomic E-state index is 0. The summed E-state index contributed by atoms with van der Waals surface area (Å²) in [4.78, 5) is 44.0. The van der Waals surface area contributed by atoms with Crippen LogP contribution in [0.15, 0.2) is 54.7 Å². The second kappa shape index (κ2) is 26.5. The summed E-state index contributed by atoms with van der Waals surface area (Å²) in [5, 5.41) is 0. The highest BCUT2D eigenvalue weighted by Crippen LogP contribution is 2.20. The fraction of sp³-hybridized carbons (Fsp3) is 0.600. The van der Waals surface area contributed by atoms with Crippen molar-refractivity contribution >= 4 is 42.6 Å². The molecule has 0 bridgehead atoms. The fourth-order valence-electron chi connectivity index (χ4n) is 5.31. The van der Waals surface area contributed by atoms with Crippen LogP contribution in [0.1, 0.15) is 121 Å². The van der Waals surface area contributed by atoms with Crippen molar-refractivity contribution in [1.29, 1.82) is 0 Å². The summed E-state index contributed by atoms with van der Waals surface area (Å²) < 4.78 is 5.35. The number of aromatic nitrogens is 1. The van der Waals surface area contributed by atoms with E-state index in [-0.39, 0.29) is 68.7 Å². The summed E-state index contributed by atoms with van der Waals surface area (Å²) in [7, 11) is 0. The number of hydrogen-bond acceptors (Lipinski definition) is 6. The molecule has 2 aromatic rings. The zero-order valence-electron chi connectivity index (χ0n) is 27.1. The van der Waals surface area contributed by atoms with Gasteiger partial charge in [0.2, 0.25) is 11.8 Å². The van der Waals surface area contributed by atoms with Gasteiger partial charge in [-0.2, -0.15) is 0 Å². The second-order valence-corrected chi connectivity index (χ2v) is 11.6. The number of nitrogens with two attached hydrogens (primary N) is 2. The number of carbonyl (C=O) groups is 3. The van der Waals surface area contributed by atoms with Crippen LogP contribution in [-0.4, -0.2) is 39.8 Å². The Morgan fingerprint density at radius 2 is 1.40 bits per heavy atom. The molecule has 2 atom stereocenters. The Hall–Kier alpha value is -2.68. The van der Waals surface area contributed by atoms with E-state index >= 15 is 0 Å². The first-order chi connectivity index (χ1) is 20.9. The predicted molar refractivity (Wildman–Crippen MR) is 186 cm³/mol. The monoisotopic (exact) mass is 666 g/mol. The van der Waals surface area contributed by atoms with Crippen molar-refractivity contribution in [2.24, 2.45) is 11.5 Å². The number of halogens is 2. The number of esters is 1. The number of amides is 2. The first-order valence-corrected chi connectivity index (χ1v) is 16.3. The van der Waals surface area contributed by atoms with Gasteiger partial charge in [-0.15, -0.1) is 24.8 Å². The van der Waals surface area contributed by atoms with Crippen molar-refractivity contribution in [2.45, 2.75) is 135 Å². The minimum Gasteiger partial charge on any atom is -0.461 e. The standard InChI is InChI=1S/C35H54N4O4.2ClH/c1-2-3-4-5-6-7-8-9-10-11-15-22-31(26-33(37)40)39(27-30-21-16-17-25-38-30)35(42)32(36)23-18-24-34(41)43-28-29-19-13-12-14-20-29;;/h12-14,16-17,19-21,25,31-32H,2-11,15,18,22-24,26-28,36H2,1H3,(H2,37,40);2*1H/t31-,32-;;/m0../s1. The largest absolute Gasteiger partial charge is 0.461 e. The third-order valence-corrected chi connectivity index (χ3v) is 7.82. The Bertz CT molecular complexity index is 1050. The molecule has 0 spiro atoms. The summed E-state index contributed by atoms with van der Waals surface area (Å²) in [6, 6.07) is 13.9. The minimum atomic E-state index is -0.807. The number of primary amides is 1. The average molecular weight is 668 g/mol. The molecule has 0 saturated carbocycles. The lowest BCUT2D eigenvalue weighted by Crippen LogP contribution is -2.49. The van der Waals surface area contributed by atoms with E-state index < -0.39 is 11.9 Å². The van der Waals surface area contributed by atoms with Crippen LogP contribution >= 0.6 is 24.8 Å². The molecular weight excluding hydrogens is 611 g/mol. The van der Waals surface area contributed by atoms with Crippen molar-refractivity contribution in [3.8, 4) is 0 Å². The Morgan fingerprint density at radius 1 is 0.800 bits per heavy atom. The van der Waals surface area contributed by atoms with E-state index in [1.54, 1.807) is 11.1 Å². The van der Waals surface area contributed by atoms with Crippen LogP contribution in [0.25, 0.3) is 0 Å². The lowest BCUT2D eigenvalue weighted by atomic mass is 9.99. The highest BCUT2D eigenvalue weighted by atomic mass is 35.5. The van der Waals surface area contributed by atoms with Crippen molar-refractivity contribution in [1.82, 2.24) is 9.88 Å². The Morgan fingerprint density at radius 3 is 1.98 bits per heavy atom. The molecule has 0 radical (unpaired) electrons. The third kappa shape index (κ3) is 19.4. The molecule has 0 aliphatic heterocycles. The van der Waals surface area contributed by atoms with Crippen LogP contribution < -0.4 is 11.5 Å². The number of nitrogens with zero attached hydrogens (tertiary/aromatic N) is 2. The smallest absolute Gasteiger partial charge is 0.306 e. The van der Waals surface area contributed by atoms with E-state index in [1.807, 2.05) is 48.5 Å². The van der Waals surface area contributed by atoms with E-state index in [1.165, 1.54) is 51.4 Å². The highest BCUT2D eigenvalue weighted by molar-refractivity contribution is 5.85. The van der Waals surface area contributed by atoms with Gasteiger partial charge in [-0.05, 0) is 37.0 Å². The summed E-state index contributed by atoms with van der Waals surface area (Å²) in [6.07, 6.45) is 16.9. The molecule has 0 aliphatic rings. The van der Waals surface area contributed by atoms with E-state index in [0.717, 1.165) is 30.5 Å². The molecule has 10 heteroatoms. The first-order valence-electron chi connectivity index (χ1n) is 16.3. The van der Waals surface area contributed by atoms with Gasteiger partial charge in [-0.25, -0.2) is 0 Å². The molecule has 0 aliphatic carbocycles. The van der Waals surface area contributed by atoms with Gasteiger partial charge in [0.05, 0.1) is 18.3 Å². The Balaban J connectivity index is 0.00000968. The van der Waals surface area contributed by atoms with Gasteiger partial charge in [-0.3, -0.25) is 19.4 Å². The van der Waals surface area contributed by atoms with Crippen molar-refractivity contribution in [3.63, 3.8) is 0 Å². The number of ether oxygens (including phenoxy) is 1. The van der Waals surface area contributed by atoms with Crippen LogP contribution in [-0.2, 0) is 32.3 Å². The molecule has 2 amide bonds. The maximum Gasteiger partial charge on any atom is 0.306 e. The summed E-state index contributed by atoms with van der Waals surface area (Å²) in [6.45, 7) is 2.71. The molecule has 0 fully saturated rings. The normalized spacial score (nSPS) is 11.9. The number of rotatable bonds is 24.